The van der Waals surface area contributed by atoms with Gasteiger partial charge < -0.3 is 14.6 Å². The molecule has 4 nitrogen and oxygen atoms in total. The fourth-order valence-corrected chi connectivity index (χ4v) is 2.59. The van der Waals surface area contributed by atoms with Gasteiger partial charge in [0.05, 0.1) is 6.10 Å². The number of carbonyl (C=O) groups excluding carboxylic acids is 1. The van der Waals surface area contributed by atoms with Gasteiger partial charge in [-0.1, -0.05) is 18.2 Å². The van der Waals surface area contributed by atoms with Gasteiger partial charge in [-0.3, -0.25) is 4.79 Å². The van der Waals surface area contributed by atoms with Crippen LogP contribution in [0.15, 0.2) is 54.6 Å². The Morgan fingerprint density at radius 2 is 1.78 bits per heavy atom. The number of hydrogen-bond acceptors (Lipinski definition) is 2. The summed E-state index contributed by atoms with van der Waals surface area (Å²) in [6.07, 6.45) is 0.131. The Morgan fingerprint density at radius 1 is 1.09 bits per heavy atom. The van der Waals surface area contributed by atoms with E-state index in [-0.39, 0.29) is 12.0 Å². The van der Waals surface area contributed by atoms with E-state index in [0.29, 0.717) is 5.69 Å². The van der Waals surface area contributed by atoms with Gasteiger partial charge in [0.2, 0.25) is 0 Å². The highest BCUT2D eigenvalue weighted by atomic mass is 16.5. The van der Waals surface area contributed by atoms with Crippen molar-refractivity contribution in [1.29, 1.82) is 0 Å². The van der Waals surface area contributed by atoms with Crippen molar-refractivity contribution < 1.29 is 9.53 Å². The first-order chi connectivity index (χ1) is 11.0. The van der Waals surface area contributed by atoms with Crippen molar-refractivity contribution in [1.82, 2.24) is 4.57 Å². The maximum atomic E-state index is 12.5. The minimum Gasteiger partial charge on any atom is -0.491 e. The molecule has 1 heterocycles. The normalized spacial score (nSPS) is 11.0. The number of nitrogens with zero attached hydrogens (tertiary/aromatic N) is 1. The van der Waals surface area contributed by atoms with Crippen molar-refractivity contribution in [2.24, 2.45) is 7.05 Å². The van der Waals surface area contributed by atoms with Crippen LogP contribution in [0.1, 0.15) is 24.3 Å². The highest BCUT2D eigenvalue weighted by Gasteiger charge is 2.13. The van der Waals surface area contributed by atoms with Gasteiger partial charge in [0, 0.05) is 23.6 Å². The fourth-order valence-electron chi connectivity index (χ4n) is 2.59. The highest BCUT2D eigenvalue weighted by Crippen LogP contribution is 2.21. The molecule has 3 rings (SSSR count). The summed E-state index contributed by atoms with van der Waals surface area (Å²) in [6, 6.07) is 17.3. The van der Waals surface area contributed by atoms with Crippen LogP contribution < -0.4 is 10.1 Å². The van der Waals surface area contributed by atoms with Crippen molar-refractivity contribution in [2.75, 3.05) is 5.32 Å². The number of amides is 1. The molecule has 23 heavy (non-hydrogen) atoms. The van der Waals surface area contributed by atoms with E-state index in [1.807, 2.05) is 80.1 Å². The summed E-state index contributed by atoms with van der Waals surface area (Å²) in [4.78, 5) is 12.5. The summed E-state index contributed by atoms with van der Waals surface area (Å²) < 4.78 is 7.50. The Morgan fingerprint density at radius 3 is 2.43 bits per heavy atom. The van der Waals surface area contributed by atoms with E-state index in [0.717, 1.165) is 22.3 Å². The minimum absolute atomic E-state index is 0.124. The Kier molecular flexibility index (Phi) is 4.06. The second kappa shape index (κ2) is 6.16. The van der Waals surface area contributed by atoms with E-state index >= 15 is 0 Å². The van der Waals surface area contributed by atoms with Crippen LogP contribution in [0.2, 0.25) is 0 Å². The summed E-state index contributed by atoms with van der Waals surface area (Å²) in [7, 11) is 1.90. The second-order valence-electron chi connectivity index (χ2n) is 5.79. The van der Waals surface area contributed by atoms with Crippen LogP contribution >= 0.6 is 0 Å². The predicted octanol–water partition coefficient (Wildman–Crippen LogP) is 4.22. The lowest BCUT2D eigenvalue weighted by Crippen LogP contribution is -2.15. The van der Waals surface area contributed by atoms with Crippen molar-refractivity contribution in [3.05, 3.63) is 60.3 Å². The molecule has 0 radical (unpaired) electrons. The van der Waals surface area contributed by atoms with Gasteiger partial charge >= 0.3 is 0 Å². The third-order valence-electron chi connectivity index (χ3n) is 3.67. The lowest BCUT2D eigenvalue weighted by atomic mass is 10.2. The lowest BCUT2D eigenvalue weighted by Gasteiger charge is -2.11. The van der Waals surface area contributed by atoms with Crippen molar-refractivity contribution >= 4 is 22.5 Å². The monoisotopic (exact) mass is 308 g/mol. The average Bonchev–Trinajstić information content (AvgIpc) is 2.86. The van der Waals surface area contributed by atoms with Gasteiger partial charge in [-0.2, -0.15) is 0 Å². The van der Waals surface area contributed by atoms with Crippen molar-refractivity contribution in [3.8, 4) is 5.75 Å². The fraction of sp³-hybridized carbons (Fsp3) is 0.211. The highest BCUT2D eigenvalue weighted by molar-refractivity contribution is 6.06. The van der Waals surface area contributed by atoms with Crippen LogP contribution in [-0.4, -0.2) is 16.6 Å². The van der Waals surface area contributed by atoms with E-state index in [9.17, 15) is 4.79 Å². The molecule has 0 aliphatic heterocycles. The van der Waals surface area contributed by atoms with Crippen LogP contribution in [-0.2, 0) is 7.05 Å². The lowest BCUT2D eigenvalue weighted by molar-refractivity contribution is 0.101. The number of rotatable bonds is 4. The zero-order valence-electron chi connectivity index (χ0n) is 13.5. The molecule has 4 heteroatoms. The number of aryl methyl sites for hydroxylation is 1. The number of carbonyl (C=O) groups is 1. The topological polar surface area (TPSA) is 43.3 Å². The van der Waals surface area contributed by atoms with Gasteiger partial charge in [-0.15, -0.1) is 0 Å². The third-order valence-corrected chi connectivity index (χ3v) is 3.67. The Bertz CT molecular complexity index is 832. The SMILES string of the molecule is CC(C)Oc1ccc(NC(=O)c2cc3ccccc3n2C)cc1. The number of hydrogen-bond donors (Lipinski definition) is 1. The quantitative estimate of drug-likeness (QED) is 0.784. The third kappa shape index (κ3) is 3.21. The number of anilines is 1. The van der Waals surface area contributed by atoms with Crippen LogP contribution in [0.5, 0.6) is 5.75 Å². The van der Waals surface area contributed by atoms with Gasteiger partial charge in [-0.25, -0.2) is 0 Å². The first kappa shape index (κ1) is 15.2. The molecule has 118 valence electrons. The number of benzene rings is 2. The van der Waals surface area contributed by atoms with E-state index in [1.165, 1.54) is 0 Å². The van der Waals surface area contributed by atoms with E-state index in [2.05, 4.69) is 5.32 Å². The Balaban J connectivity index is 1.79. The molecule has 0 spiro atoms. The van der Waals surface area contributed by atoms with Crippen LogP contribution in [0.4, 0.5) is 5.69 Å². The van der Waals surface area contributed by atoms with Gasteiger partial charge in [0.1, 0.15) is 11.4 Å². The minimum atomic E-state index is -0.124. The summed E-state index contributed by atoms with van der Waals surface area (Å²) in [6.45, 7) is 3.96. The Labute approximate surface area is 135 Å². The molecular formula is C19H20N2O2. The largest absolute Gasteiger partial charge is 0.491 e. The van der Waals surface area contributed by atoms with Gasteiger partial charge in [0.25, 0.3) is 5.91 Å². The number of para-hydroxylation sites is 1. The summed E-state index contributed by atoms with van der Waals surface area (Å²) in [5.41, 5.74) is 2.42. The van der Waals surface area contributed by atoms with E-state index in [4.69, 9.17) is 4.74 Å². The van der Waals surface area contributed by atoms with Gasteiger partial charge in [-0.05, 0) is 50.2 Å². The van der Waals surface area contributed by atoms with Crippen LogP contribution in [0, 0.1) is 0 Å². The predicted molar refractivity (Wildman–Crippen MR) is 93.1 cm³/mol. The van der Waals surface area contributed by atoms with Crippen molar-refractivity contribution in [3.63, 3.8) is 0 Å². The Hall–Kier alpha value is -2.75. The molecule has 0 aliphatic carbocycles. The number of nitrogens with one attached hydrogen (secondary N) is 1. The zero-order chi connectivity index (χ0) is 16.4. The molecule has 0 unspecified atom stereocenters. The molecule has 2 aromatic carbocycles. The van der Waals surface area contributed by atoms with E-state index in [1.54, 1.807) is 0 Å². The zero-order valence-corrected chi connectivity index (χ0v) is 13.5. The van der Waals surface area contributed by atoms with Crippen molar-refractivity contribution in [2.45, 2.75) is 20.0 Å². The molecule has 3 aromatic rings. The second-order valence-corrected chi connectivity index (χ2v) is 5.79. The molecule has 0 saturated carbocycles. The molecule has 0 bridgehead atoms. The maximum absolute atomic E-state index is 12.5. The first-order valence-electron chi connectivity index (χ1n) is 7.67. The summed E-state index contributed by atoms with van der Waals surface area (Å²) in [5.74, 6) is 0.670. The average molecular weight is 308 g/mol. The molecular weight excluding hydrogens is 288 g/mol. The first-order valence-corrected chi connectivity index (χ1v) is 7.67. The summed E-state index contributed by atoms with van der Waals surface area (Å²) in [5, 5.41) is 3.98. The van der Waals surface area contributed by atoms with Crippen LogP contribution in [0.3, 0.4) is 0 Å². The van der Waals surface area contributed by atoms with E-state index < -0.39 is 0 Å². The maximum Gasteiger partial charge on any atom is 0.272 e. The number of fused-ring (bicyclic) bond motifs is 1. The molecule has 1 N–H and O–H groups in total. The number of ether oxygens (including phenoxy) is 1. The molecule has 1 aromatic heterocycles. The number of aromatic nitrogens is 1. The summed E-state index contributed by atoms with van der Waals surface area (Å²) >= 11 is 0. The molecule has 0 aliphatic rings. The smallest absolute Gasteiger partial charge is 0.272 e. The van der Waals surface area contributed by atoms with Crippen LogP contribution in [0.25, 0.3) is 10.9 Å². The molecule has 1 amide bonds. The standard InChI is InChI=1S/C19H20N2O2/c1-13(2)23-16-10-8-15(9-11-16)20-19(22)18-12-14-6-4-5-7-17(14)21(18)3/h4-13H,1-3H3,(H,20,22). The molecule has 0 saturated heterocycles. The van der Waals surface area contributed by atoms with Gasteiger partial charge in [0.15, 0.2) is 0 Å². The molecule has 0 fully saturated rings. The molecule has 0 atom stereocenters.